The number of carbonyl (C=O) groups excluding carboxylic acids is 1. The summed E-state index contributed by atoms with van der Waals surface area (Å²) in [6, 6.07) is 19.5. The zero-order chi connectivity index (χ0) is 24.8. The number of ether oxygens (including phenoxy) is 2. The Kier molecular flexibility index (Phi) is 7.87. The second-order valence-corrected chi connectivity index (χ2v) is 8.61. The van der Waals surface area contributed by atoms with E-state index in [-0.39, 0.29) is 24.5 Å². The Balaban J connectivity index is 1.63. The monoisotopic (exact) mass is 478 g/mol. The lowest BCUT2D eigenvalue weighted by Crippen LogP contribution is -3.12. The molecule has 0 spiro atoms. The maximum absolute atomic E-state index is 13.5. The average Bonchev–Trinajstić information content (AvgIpc) is 2.89. The number of methoxy groups -OCH3 is 1. The van der Waals surface area contributed by atoms with Crippen molar-refractivity contribution in [1.29, 1.82) is 0 Å². The molecule has 0 bridgehead atoms. The van der Waals surface area contributed by atoms with Crippen LogP contribution in [0.2, 0.25) is 0 Å². The predicted octanol–water partition coefficient (Wildman–Crippen LogP) is 3.90. The van der Waals surface area contributed by atoms with E-state index in [1.807, 2.05) is 47.4 Å². The molecule has 1 heterocycles. The summed E-state index contributed by atoms with van der Waals surface area (Å²) in [6.45, 7) is 8.12. The van der Waals surface area contributed by atoms with Crippen molar-refractivity contribution in [3.8, 4) is 11.5 Å². The number of amides is 1. The van der Waals surface area contributed by atoms with Crippen LogP contribution in [0.25, 0.3) is 0 Å². The van der Waals surface area contributed by atoms with Crippen LogP contribution in [-0.4, -0.2) is 44.1 Å². The number of anilines is 1. The molecule has 1 aliphatic heterocycles. The minimum Gasteiger partial charge on any atom is -0.496 e. The van der Waals surface area contributed by atoms with E-state index in [0.717, 1.165) is 36.4 Å². The van der Waals surface area contributed by atoms with Crippen LogP contribution in [0, 0.1) is 5.82 Å². The number of hydrogen-bond acceptors (Lipinski definition) is 4. The summed E-state index contributed by atoms with van der Waals surface area (Å²) >= 11 is 0. The predicted molar refractivity (Wildman–Crippen MR) is 134 cm³/mol. The summed E-state index contributed by atoms with van der Waals surface area (Å²) in [5.74, 6) is 0.979. The van der Waals surface area contributed by atoms with Gasteiger partial charge in [-0.15, -0.1) is 0 Å². The van der Waals surface area contributed by atoms with Crippen LogP contribution in [0.1, 0.15) is 41.5 Å². The van der Waals surface area contributed by atoms with E-state index in [2.05, 4.69) is 19.2 Å². The van der Waals surface area contributed by atoms with Crippen molar-refractivity contribution < 1.29 is 23.6 Å². The number of hydrogen-bond donors (Lipinski definition) is 2. The minimum atomic E-state index is -0.317. The Labute approximate surface area is 206 Å². The topological polar surface area (TPSA) is 55.2 Å². The fourth-order valence-corrected chi connectivity index (χ4v) is 4.44. The summed E-state index contributed by atoms with van der Waals surface area (Å²) < 4.78 is 24.7. The summed E-state index contributed by atoms with van der Waals surface area (Å²) in [5.41, 5.74) is 3.30. The van der Waals surface area contributed by atoms with Crippen molar-refractivity contribution in [2.75, 3.05) is 38.6 Å². The first-order valence-electron chi connectivity index (χ1n) is 12.1. The van der Waals surface area contributed by atoms with Crippen LogP contribution in [0.3, 0.4) is 0 Å². The van der Waals surface area contributed by atoms with Crippen LogP contribution in [0.5, 0.6) is 11.5 Å². The normalized spacial score (nSPS) is 15.1. The highest BCUT2D eigenvalue weighted by molar-refractivity contribution is 6.01. The molecule has 0 unspecified atom stereocenters. The number of quaternary nitrogens is 1. The number of para-hydroxylation sites is 1. The molecule has 0 aromatic heterocycles. The summed E-state index contributed by atoms with van der Waals surface area (Å²) in [6.07, 6.45) is -0.317. The molecule has 2 N–H and O–H groups in total. The van der Waals surface area contributed by atoms with E-state index in [0.29, 0.717) is 23.6 Å². The van der Waals surface area contributed by atoms with Crippen molar-refractivity contribution in [1.82, 2.24) is 4.90 Å². The van der Waals surface area contributed by atoms with Crippen LogP contribution in [0.15, 0.2) is 66.7 Å². The molecule has 7 heteroatoms. The molecule has 0 fully saturated rings. The van der Waals surface area contributed by atoms with Gasteiger partial charge in [-0.2, -0.15) is 0 Å². The molecule has 0 radical (unpaired) electrons. The Morgan fingerprint density at radius 1 is 1.03 bits per heavy atom. The van der Waals surface area contributed by atoms with Gasteiger partial charge in [-0.05, 0) is 67.9 Å². The Morgan fingerprint density at radius 3 is 2.49 bits per heavy atom. The highest BCUT2D eigenvalue weighted by Crippen LogP contribution is 2.34. The van der Waals surface area contributed by atoms with E-state index < -0.39 is 0 Å². The number of fused-ring (bicyclic) bond motifs is 1. The zero-order valence-electron chi connectivity index (χ0n) is 20.5. The molecule has 0 aliphatic carbocycles. The summed E-state index contributed by atoms with van der Waals surface area (Å²) in [5, 5.41) is 3.57. The lowest BCUT2D eigenvalue weighted by Gasteiger charge is -2.38. The summed E-state index contributed by atoms with van der Waals surface area (Å²) in [7, 11) is 1.62. The van der Waals surface area contributed by atoms with Crippen LogP contribution in [-0.2, 0) is 6.61 Å². The van der Waals surface area contributed by atoms with E-state index in [1.54, 1.807) is 19.2 Å². The van der Waals surface area contributed by atoms with E-state index in [4.69, 9.17) is 9.47 Å². The van der Waals surface area contributed by atoms with Gasteiger partial charge in [0.2, 0.25) is 0 Å². The number of nitrogens with zero attached hydrogens (tertiary/aromatic N) is 1. The number of likely N-dealkylation sites (N-methyl/N-ethyl adjacent to an activating group) is 1. The van der Waals surface area contributed by atoms with Crippen LogP contribution in [0.4, 0.5) is 10.1 Å². The second-order valence-electron chi connectivity index (χ2n) is 8.61. The molecule has 3 aromatic carbocycles. The van der Waals surface area contributed by atoms with Gasteiger partial charge in [-0.3, -0.25) is 4.79 Å². The molecule has 35 heavy (non-hydrogen) atoms. The molecule has 0 saturated heterocycles. The van der Waals surface area contributed by atoms with Gasteiger partial charge < -0.3 is 24.6 Å². The van der Waals surface area contributed by atoms with Crippen molar-refractivity contribution in [3.05, 3.63) is 89.2 Å². The number of rotatable bonds is 10. The molecular weight excluding hydrogens is 445 g/mol. The second kappa shape index (κ2) is 11.2. The first-order valence-corrected chi connectivity index (χ1v) is 12.1. The van der Waals surface area contributed by atoms with Gasteiger partial charge in [-0.25, -0.2) is 4.39 Å². The third kappa shape index (κ3) is 5.57. The molecular formula is C28H33FN3O3+. The highest BCUT2D eigenvalue weighted by Gasteiger charge is 2.33. The fraction of sp³-hybridized carbons (Fsp3) is 0.321. The third-order valence-corrected chi connectivity index (χ3v) is 6.56. The van der Waals surface area contributed by atoms with Gasteiger partial charge in [0.25, 0.3) is 5.91 Å². The molecule has 1 aliphatic rings. The Morgan fingerprint density at radius 2 is 1.77 bits per heavy atom. The number of benzene rings is 3. The molecule has 4 rings (SSSR count). The molecule has 1 amide bonds. The molecule has 1 atom stereocenters. The van der Waals surface area contributed by atoms with Gasteiger partial charge in [0.15, 0.2) is 0 Å². The smallest absolute Gasteiger partial charge is 0.258 e. The quantitative estimate of drug-likeness (QED) is 0.464. The lowest BCUT2D eigenvalue weighted by molar-refractivity contribution is -0.895. The molecule has 3 aromatic rings. The largest absolute Gasteiger partial charge is 0.496 e. The van der Waals surface area contributed by atoms with Crippen LogP contribution < -0.4 is 19.7 Å². The summed E-state index contributed by atoms with van der Waals surface area (Å²) in [4.78, 5) is 16.9. The van der Waals surface area contributed by atoms with Crippen molar-refractivity contribution in [3.63, 3.8) is 0 Å². The van der Waals surface area contributed by atoms with Crippen LogP contribution >= 0.6 is 0 Å². The van der Waals surface area contributed by atoms with E-state index in [1.165, 1.54) is 17.0 Å². The number of nitrogens with one attached hydrogen (secondary N) is 2. The number of carbonyl (C=O) groups is 1. The Hall–Kier alpha value is -3.58. The maximum Gasteiger partial charge on any atom is 0.258 e. The Bertz CT molecular complexity index is 1150. The lowest BCUT2D eigenvalue weighted by atomic mass is 10.0. The fourth-order valence-electron chi connectivity index (χ4n) is 4.44. The van der Waals surface area contributed by atoms with Gasteiger partial charge in [-0.1, -0.05) is 18.2 Å². The molecule has 0 saturated carbocycles. The van der Waals surface area contributed by atoms with Gasteiger partial charge in [0.05, 0.1) is 38.9 Å². The van der Waals surface area contributed by atoms with E-state index >= 15 is 0 Å². The first-order chi connectivity index (χ1) is 17.0. The van der Waals surface area contributed by atoms with E-state index in [9.17, 15) is 9.18 Å². The van der Waals surface area contributed by atoms with Gasteiger partial charge in [0, 0.05) is 11.3 Å². The third-order valence-electron chi connectivity index (χ3n) is 6.56. The molecule has 184 valence electrons. The standard InChI is InChI=1S/C28H32FN3O3/c1-4-31(5-2)16-17-32-27(30-25-9-7-6-8-24(25)28(32)33)20-10-15-26(34-3)21(18-20)19-35-23-13-11-22(29)12-14-23/h6-15,18,27,30H,4-5,16-17,19H2,1-3H3/p+1/t27-/m1/s1. The molecule has 6 nitrogen and oxygen atoms in total. The average molecular weight is 479 g/mol. The highest BCUT2D eigenvalue weighted by atomic mass is 19.1. The maximum atomic E-state index is 13.5. The zero-order valence-corrected chi connectivity index (χ0v) is 20.5. The SMILES string of the molecule is CC[NH+](CC)CCN1C(=O)c2ccccc2N[C@H]1c1ccc(OC)c(COc2ccc(F)cc2)c1. The minimum absolute atomic E-state index is 0.0239. The first kappa shape index (κ1) is 24.5. The van der Waals surface area contributed by atoms with Crippen molar-refractivity contribution in [2.24, 2.45) is 0 Å². The van der Waals surface area contributed by atoms with Crippen molar-refractivity contribution in [2.45, 2.75) is 26.6 Å². The van der Waals surface area contributed by atoms with Gasteiger partial charge in [0.1, 0.15) is 30.1 Å². The van der Waals surface area contributed by atoms with Gasteiger partial charge >= 0.3 is 0 Å². The van der Waals surface area contributed by atoms with Crippen molar-refractivity contribution >= 4 is 11.6 Å². The number of halogens is 1.